The highest BCUT2D eigenvalue weighted by Gasteiger charge is 2.13. The summed E-state index contributed by atoms with van der Waals surface area (Å²) >= 11 is 12.3. The molecule has 0 saturated heterocycles. The second kappa shape index (κ2) is 9.30. The number of carbonyl (C=O) groups excluding carboxylic acids is 2. The van der Waals surface area contributed by atoms with E-state index in [1.165, 1.54) is 12.3 Å². The minimum Gasteiger partial charge on any atom is -0.469 e. The number of ketones is 1. The van der Waals surface area contributed by atoms with E-state index in [1.54, 1.807) is 73.7 Å². The molecule has 0 fully saturated rings. The van der Waals surface area contributed by atoms with Gasteiger partial charge in [0, 0.05) is 16.8 Å². The van der Waals surface area contributed by atoms with Crippen LogP contribution in [-0.2, 0) is 0 Å². The van der Waals surface area contributed by atoms with Gasteiger partial charge >= 0.3 is 0 Å². The second-order valence-corrected chi connectivity index (χ2v) is 7.71. The third kappa shape index (κ3) is 4.69. The maximum absolute atomic E-state index is 12.6. The van der Waals surface area contributed by atoms with Gasteiger partial charge in [0.1, 0.15) is 17.3 Å². The first-order chi connectivity index (χ1) is 15.4. The first kappa shape index (κ1) is 21.7. The zero-order chi connectivity index (χ0) is 22.7. The van der Waals surface area contributed by atoms with E-state index < -0.39 is 0 Å². The maximum Gasteiger partial charge on any atom is 0.259 e. The molecule has 2 aromatic heterocycles. The summed E-state index contributed by atoms with van der Waals surface area (Å²) in [6, 6.07) is 17.1. The van der Waals surface area contributed by atoms with Crippen molar-refractivity contribution in [2.45, 2.75) is 6.92 Å². The van der Waals surface area contributed by atoms with E-state index in [0.29, 0.717) is 49.7 Å². The van der Waals surface area contributed by atoms with Gasteiger partial charge in [0.25, 0.3) is 5.91 Å². The van der Waals surface area contributed by atoms with Crippen molar-refractivity contribution in [1.82, 2.24) is 0 Å². The zero-order valence-corrected chi connectivity index (χ0v) is 18.4. The molecule has 1 amide bonds. The number of rotatable bonds is 6. The van der Waals surface area contributed by atoms with Crippen LogP contribution in [0.5, 0.6) is 0 Å². The normalized spacial score (nSPS) is 11.1. The second-order valence-electron chi connectivity index (χ2n) is 6.93. The summed E-state index contributed by atoms with van der Waals surface area (Å²) in [7, 11) is 0. The molecule has 4 aromatic rings. The Hall–Kier alpha value is -3.54. The Morgan fingerprint density at radius 2 is 1.81 bits per heavy atom. The minimum absolute atomic E-state index is 0.237. The van der Waals surface area contributed by atoms with E-state index in [0.717, 1.165) is 0 Å². The monoisotopic (exact) mass is 465 g/mol. The molecular formula is C25H17Cl2NO4. The Kier molecular flexibility index (Phi) is 6.30. The molecule has 1 N–H and O–H groups in total. The minimum atomic E-state index is -0.306. The van der Waals surface area contributed by atoms with Crippen LogP contribution >= 0.6 is 23.2 Å². The Bertz CT molecular complexity index is 1330. The van der Waals surface area contributed by atoms with Crippen molar-refractivity contribution in [2.75, 3.05) is 5.32 Å². The topological polar surface area (TPSA) is 72.5 Å². The average molecular weight is 466 g/mol. The van der Waals surface area contributed by atoms with Gasteiger partial charge in [0.05, 0.1) is 21.9 Å². The van der Waals surface area contributed by atoms with Crippen molar-refractivity contribution in [3.8, 4) is 11.3 Å². The molecule has 0 saturated carbocycles. The summed E-state index contributed by atoms with van der Waals surface area (Å²) in [6.07, 6.45) is 4.43. The highest BCUT2D eigenvalue weighted by atomic mass is 35.5. The fourth-order valence-corrected chi connectivity index (χ4v) is 3.50. The van der Waals surface area contributed by atoms with Crippen LogP contribution in [-0.4, -0.2) is 11.7 Å². The van der Waals surface area contributed by atoms with Gasteiger partial charge in [-0.25, -0.2) is 0 Å². The van der Waals surface area contributed by atoms with Gasteiger partial charge in [-0.1, -0.05) is 41.4 Å². The molecular weight excluding hydrogens is 449 g/mol. The van der Waals surface area contributed by atoms with Gasteiger partial charge < -0.3 is 14.2 Å². The number of benzene rings is 2. The number of hydrogen-bond donors (Lipinski definition) is 1. The molecule has 2 heterocycles. The number of aryl methyl sites for hydroxylation is 1. The van der Waals surface area contributed by atoms with E-state index in [-0.39, 0.29) is 11.7 Å². The predicted octanol–water partition coefficient (Wildman–Crippen LogP) is 7.30. The van der Waals surface area contributed by atoms with Crippen molar-refractivity contribution in [2.24, 2.45) is 0 Å². The highest BCUT2D eigenvalue weighted by Crippen LogP contribution is 2.34. The van der Waals surface area contributed by atoms with Gasteiger partial charge in [-0.15, -0.1) is 0 Å². The summed E-state index contributed by atoms with van der Waals surface area (Å²) < 4.78 is 10.9. The molecule has 7 heteroatoms. The van der Waals surface area contributed by atoms with Gasteiger partial charge in [-0.2, -0.15) is 0 Å². The van der Waals surface area contributed by atoms with Gasteiger partial charge in [-0.05, 0) is 61.5 Å². The predicted molar refractivity (Wildman–Crippen MR) is 125 cm³/mol. The van der Waals surface area contributed by atoms with E-state index in [9.17, 15) is 9.59 Å². The van der Waals surface area contributed by atoms with Crippen LogP contribution < -0.4 is 5.32 Å². The molecule has 0 spiro atoms. The van der Waals surface area contributed by atoms with Crippen molar-refractivity contribution in [3.05, 3.63) is 106 Å². The van der Waals surface area contributed by atoms with E-state index in [1.807, 2.05) is 0 Å². The highest BCUT2D eigenvalue weighted by molar-refractivity contribution is 6.43. The van der Waals surface area contributed by atoms with Gasteiger partial charge in [-0.3, -0.25) is 9.59 Å². The van der Waals surface area contributed by atoms with Crippen LogP contribution in [0.4, 0.5) is 5.69 Å². The van der Waals surface area contributed by atoms with Crippen molar-refractivity contribution in [3.63, 3.8) is 0 Å². The first-order valence-corrected chi connectivity index (χ1v) is 10.4. The largest absolute Gasteiger partial charge is 0.469 e. The summed E-state index contributed by atoms with van der Waals surface area (Å²) in [5.74, 6) is 1.01. The Morgan fingerprint density at radius 1 is 1.00 bits per heavy atom. The number of furan rings is 2. The van der Waals surface area contributed by atoms with Crippen molar-refractivity contribution < 1.29 is 18.4 Å². The Labute approximate surface area is 194 Å². The van der Waals surface area contributed by atoms with Crippen molar-refractivity contribution in [1.29, 1.82) is 0 Å². The number of hydrogen-bond acceptors (Lipinski definition) is 4. The van der Waals surface area contributed by atoms with E-state index >= 15 is 0 Å². The van der Waals surface area contributed by atoms with E-state index in [2.05, 4.69) is 5.32 Å². The van der Waals surface area contributed by atoms with Crippen LogP contribution in [0.1, 0.15) is 32.2 Å². The van der Waals surface area contributed by atoms with Gasteiger partial charge in [0.2, 0.25) is 0 Å². The number of halogens is 2. The fraction of sp³-hybridized carbons (Fsp3) is 0.0400. The quantitative estimate of drug-likeness (QED) is 0.239. The van der Waals surface area contributed by atoms with Gasteiger partial charge in [0.15, 0.2) is 5.78 Å². The molecule has 32 heavy (non-hydrogen) atoms. The van der Waals surface area contributed by atoms with E-state index in [4.69, 9.17) is 32.0 Å². The summed E-state index contributed by atoms with van der Waals surface area (Å²) in [6.45, 7) is 1.71. The third-order valence-corrected chi connectivity index (χ3v) is 5.57. The molecule has 0 unspecified atom stereocenters. The lowest BCUT2D eigenvalue weighted by Gasteiger charge is -2.05. The zero-order valence-electron chi connectivity index (χ0n) is 16.9. The molecule has 0 bridgehead atoms. The third-order valence-electron chi connectivity index (χ3n) is 4.75. The number of allylic oxidation sites excluding steroid dienone is 1. The smallest absolute Gasteiger partial charge is 0.259 e. The number of amides is 1. The molecule has 0 aliphatic heterocycles. The summed E-state index contributed by atoms with van der Waals surface area (Å²) in [5, 5.41) is 3.60. The lowest BCUT2D eigenvalue weighted by atomic mass is 10.1. The van der Waals surface area contributed by atoms with Crippen LogP contribution in [0.25, 0.3) is 17.4 Å². The van der Waals surface area contributed by atoms with Crippen molar-refractivity contribution >= 4 is 46.7 Å². The number of nitrogens with one attached hydrogen (secondary N) is 1. The lowest BCUT2D eigenvalue weighted by molar-refractivity contribution is 0.102. The molecule has 0 radical (unpaired) electrons. The average Bonchev–Trinajstić information content (AvgIpc) is 3.43. The molecule has 160 valence electrons. The van der Waals surface area contributed by atoms with Crippen LogP contribution in [0.2, 0.25) is 10.0 Å². The number of anilines is 1. The molecule has 5 nitrogen and oxygen atoms in total. The Balaban J connectivity index is 1.47. The molecule has 2 aromatic carbocycles. The standard InChI is InChI=1S/C25H17Cl2NO4/c1-15-19(12-13-31-15)25(30)28-17-5-2-4-16(14-17)22(29)10-8-18-9-11-23(32-18)20-6-3-7-21(26)24(20)27/h2-14H,1H3,(H,28,30)/b10-8+. The Morgan fingerprint density at radius 3 is 2.59 bits per heavy atom. The molecule has 0 atom stereocenters. The van der Waals surface area contributed by atoms with Crippen LogP contribution in [0.15, 0.2) is 81.8 Å². The number of carbonyl (C=O) groups is 2. The maximum atomic E-state index is 12.6. The first-order valence-electron chi connectivity index (χ1n) is 9.64. The van der Waals surface area contributed by atoms with Crippen LogP contribution in [0, 0.1) is 6.92 Å². The fourth-order valence-electron chi connectivity index (χ4n) is 3.10. The SMILES string of the molecule is Cc1occc1C(=O)Nc1cccc(C(=O)/C=C/c2ccc(-c3cccc(Cl)c3Cl)o2)c1. The molecule has 4 rings (SSSR count). The molecule has 0 aliphatic carbocycles. The summed E-state index contributed by atoms with van der Waals surface area (Å²) in [4.78, 5) is 25.0. The molecule has 0 aliphatic rings. The lowest BCUT2D eigenvalue weighted by Crippen LogP contribution is -2.12. The summed E-state index contributed by atoms with van der Waals surface area (Å²) in [5.41, 5.74) is 2.04. The van der Waals surface area contributed by atoms with Crippen LogP contribution in [0.3, 0.4) is 0 Å².